The first-order valence-electron chi connectivity index (χ1n) is 3.11. The lowest BCUT2D eigenvalue weighted by Gasteiger charge is -1.92. The van der Waals surface area contributed by atoms with E-state index < -0.39 is 0 Å². The molecule has 11 heavy (non-hydrogen) atoms. The molecule has 0 aromatic carbocycles. The van der Waals surface area contributed by atoms with Crippen molar-refractivity contribution in [2.75, 3.05) is 0 Å². The third kappa shape index (κ3) is 1.55. The molecule has 3 heteroatoms. The molecular weight excluding hydrogens is 138 g/mol. The molecule has 0 spiro atoms. The standard InChI is InChI=1S/C8H7N3/c9-3-1-7-2-4-11-6-8(7)5-10/h1-4,6H,9H2/b3-1+. The van der Waals surface area contributed by atoms with Gasteiger partial charge in [-0.15, -0.1) is 0 Å². The molecule has 0 radical (unpaired) electrons. The Morgan fingerprint density at radius 3 is 3.09 bits per heavy atom. The van der Waals surface area contributed by atoms with Crippen molar-refractivity contribution in [2.45, 2.75) is 0 Å². The molecule has 1 rings (SSSR count). The van der Waals surface area contributed by atoms with Gasteiger partial charge in [0.2, 0.25) is 0 Å². The van der Waals surface area contributed by atoms with Gasteiger partial charge in [0.15, 0.2) is 0 Å². The van der Waals surface area contributed by atoms with Crippen LogP contribution in [0.3, 0.4) is 0 Å². The van der Waals surface area contributed by atoms with Gasteiger partial charge in [0.25, 0.3) is 0 Å². The van der Waals surface area contributed by atoms with Gasteiger partial charge < -0.3 is 5.73 Å². The fourth-order valence-corrected chi connectivity index (χ4v) is 0.748. The summed E-state index contributed by atoms with van der Waals surface area (Å²) < 4.78 is 0. The van der Waals surface area contributed by atoms with E-state index in [4.69, 9.17) is 11.0 Å². The average Bonchev–Trinajstić information content (AvgIpc) is 2.06. The predicted molar refractivity (Wildman–Crippen MR) is 42.2 cm³/mol. The van der Waals surface area contributed by atoms with Gasteiger partial charge in [0.1, 0.15) is 6.07 Å². The van der Waals surface area contributed by atoms with Crippen molar-refractivity contribution in [2.24, 2.45) is 5.73 Å². The molecule has 0 unspecified atom stereocenters. The number of rotatable bonds is 1. The zero-order valence-corrected chi connectivity index (χ0v) is 5.86. The Morgan fingerprint density at radius 1 is 1.64 bits per heavy atom. The number of nitrogens with two attached hydrogens (primary N) is 1. The Balaban J connectivity index is 3.15. The van der Waals surface area contributed by atoms with Crippen LogP contribution in [0.2, 0.25) is 0 Å². The van der Waals surface area contributed by atoms with Crippen molar-refractivity contribution < 1.29 is 0 Å². The van der Waals surface area contributed by atoms with Crippen LogP contribution in [0, 0.1) is 11.3 Å². The maximum absolute atomic E-state index is 8.58. The minimum Gasteiger partial charge on any atom is -0.405 e. The highest BCUT2D eigenvalue weighted by atomic mass is 14.6. The maximum Gasteiger partial charge on any atom is 0.101 e. The molecule has 1 aromatic heterocycles. The van der Waals surface area contributed by atoms with E-state index in [1.54, 1.807) is 18.3 Å². The topological polar surface area (TPSA) is 62.7 Å². The first kappa shape index (κ1) is 7.29. The molecule has 54 valence electrons. The van der Waals surface area contributed by atoms with Gasteiger partial charge in [-0.25, -0.2) is 0 Å². The summed E-state index contributed by atoms with van der Waals surface area (Å²) in [5.41, 5.74) is 6.51. The van der Waals surface area contributed by atoms with Gasteiger partial charge in [0, 0.05) is 12.4 Å². The number of aromatic nitrogens is 1. The Labute approximate surface area is 64.8 Å². The number of nitrogens with zero attached hydrogens (tertiary/aromatic N) is 2. The average molecular weight is 145 g/mol. The van der Waals surface area contributed by atoms with Crippen molar-refractivity contribution in [1.82, 2.24) is 4.98 Å². The molecule has 1 heterocycles. The molecule has 1 aromatic rings. The molecule has 0 bridgehead atoms. The van der Waals surface area contributed by atoms with Crippen molar-refractivity contribution in [3.05, 3.63) is 35.8 Å². The van der Waals surface area contributed by atoms with Crippen LogP contribution in [-0.4, -0.2) is 4.98 Å². The smallest absolute Gasteiger partial charge is 0.101 e. The van der Waals surface area contributed by atoms with E-state index in [9.17, 15) is 0 Å². The SMILES string of the molecule is N#Cc1cnccc1/C=C/N. The first-order valence-corrected chi connectivity index (χ1v) is 3.11. The Bertz CT molecular complexity index is 309. The van der Waals surface area contributed by atoms with Crippen LogP contribution in [0.25, 0.3) is 6.08 Å². The van der Waals surface area contributed by atoms with Crippen molar-refractivity contribution in [1.29, 1.82) is 5.26 Å². The van der Waals surface area contributed by atoms with E-state index in [-0.39, 0.29) is 0 Å². The van der Waals surface area contributed by atoms with E-state index in [2.05, 4.69) is 4.98 Å². The minimum atomic E-state index is 0.536. The minimum absolute atomic E-state index is 0.536. The Kier molecular flexibility index (Phi) is 2.24. The number of pyridine rings is 1. The van der Waals surface area contributed by atoms with Crippen LogP contribution >= 0.6 is 0 Å². The van der Waals surface area contributed by atoms with Crippen LogP contribution in [-0.2, 0) is 0 Å². The van der Waals surface area contributed by atoms with E-state index in [1.807, 2.05) is 6.07 Å². The second kappa shape index (κ2) is 3.37. The summed E-state index contributed by atoms with van der Waals surface area (Å²) in [5.74, 6) is 0. The van der Waals surface area contributed by atoms with Crippen molar-refractivity contribution in [3.63, 3.8) is 0 Å². The van der Waals surface area contributed by atoms with Crippen molar-refractivity contribution in [3.8, 4) is 6.07 Å². The van der Waals surface area contributed by atoms with Gasteiger partial charge in [-0.2, -0.15) is 5.26 Å². The highest BCUT2D eigenvalue weighted by Gasteiger charge is 1.94. The molecule has 0 saturated heterocycles. The summed E-state index contributed by atoms with van der Waals surface area (Å²) in [6.45, 7) is 0. The summed E-state index contributed by atoms with van der Waals surface area (Å²) in [7, 11) is 0. The largest absolute Gasteiger partial charge is 0.405 e. The zero-order chi connectivity index (χ0) is 8.10. The Hall–Kier alpha value is -1.82. The lowest BCUT2D eigenvalue weighted by atomic mass is 10.1. The molecular formula is C8H7N3. The van der Waals surface area contributed by atoms with Gasteiger partial charge in [-0.3, -0.25) is 4.98 Å². The van der Waals surface area contributed by atoms with E-state index in [1.165, 1.54) is 12.4 Å². The third-order valence-electron chi connectivity index (χ3n) is 1.25. The third-order valence-corrected chi connectivity index (χ3v) is 1.25. The second-order valence-electron chi connectivity index (χ2n) is 1.93. The van der Waals surface area contributed by atoms with Crippen LogP contribution in [0.5, 0.6) is 0 Å². The highest BCUT2D eigenvalue weighted by Crippen LogP contribution is 2.05. The second-order valence-corrected chi connectivity index (χ2v) is 1.93. The number of nitriles is 1. The fraction of sp³-hybridized carbons (Fsp3) is 0. The normalized spacial score (nSPS) is 9.73. The molecule has 0 amide bonds. The zero-order valence-electron chi connectivity index (χ0n) is 5.86. The maximum atomic E-state index is 8.58. The summed E-state index contributed by atoms with van der Waals surface area (Å²) in [4.78, 5) is 3.80. The number of hydrogen-bond donors (Lipinski definition) is 1. The molecule has 0 aliphatic carbocycles. The molecule has 0 saturated carbocycles. The lowest BCUT2D eigenvalue weighted by molar-refractivity contribution is 1.29. The molecule has 2 N–H and O–H groups in total. The summed E-state index contributed by atoms with van der Waals surface area (Å²) in [6, 6.07) is 3.75. The quantitative estimate of drug-likeness (QED) is 0.638. The summed E-state index contributed by atoms with van der Waals surface area (Å²) >= 11 is 0. The van der Waals surface area contributed by atoms with Crippen LogP contribution in [0.15, 0.2) is 24.7 Å². The van der Waals surface area contributed by atoms with Gasteiger partial charge >= 0.3 is 0 Å². The summed E-state index contributed by atoms with van der Waals surface area (Å²) in [6.07, 6.45) is 6.20. The number of hydrogen-bond acceptors (Lipinski definition) is 3. The van der Waals surface area contributed by atoms with E-state index in [0.29, 0.717) is 5.56 Å². The van der Waals surface area contributed by atoms with Gasteiger partial charge in [0.05, 0.1) is 5.56 Å². The van der Waals surface area contributed by atoms with E-state index >= 15 is 0 Å². The van der Waals surface area contributed by atoms with Crippen LogP contribution in [0.1, 0.15) is 11.1 Å². The van der Waals surface area contributed by atoms with Gasteiger partial charge in [-0.05, 0) is 23.9 Å². The predicted octanol–water partition coefficient (Wildman–Crippen LogP) is 0.883. The van der Waals surface area contributed by atoms with Gasteiger partial charge in [-0.1, -0.05) is 0 Å². The monoisotopic (exact) mass is 145 g/mol. The fourth-order valence-electron chi connectivity index (χ4n) is 0.748. The molecule has 0 atom stereocenters. The van der Waals surface area contributed by atoms with E-state index in [0.717, 1.165) is 5.56 Å². The van der Waals surface area contributed by atoms with Crippen molar-refractivity contribution >= 4 is 6.08 Å². The first-order chi connectivity index (χ1) is 5.38. The molecule has 0 aliphatic rings. The summed E-state index contributed by atoms with van der Waals surface area (Å²) in [5, 5.41) is 8.58. The Morgan fingerprint density at radius 2 is 2.45 bits per heavy atom. The molecule has 0 fully saturated rings. The highest BCUT2D eigenvalue weighted by molar-refractivity contribution is 5.56. The van der Waals surface area contributed by atoms with Crippen LogP contribution < -0.4 is 5.73 Å². The van der Waals surface area contributed by atoms with Crippen LogP contribution in [0.4, 0.5) is 0 Å². The molecule has 0 aliphatic heterocycles. The lowest BCUT2D eigenvalue weighted by Crippen LogP contribution is -1.84. The molecule has 3 nitrogen and oxygen atoms in total.